The highest BCUT2D eigenvalue weighted by atomic mass is 32.1. The summed E-state index contributed by atoms with van der Waals surface area (Å²) < 4.78 is 0. The van der Waals surface area contributed by atoms with Crippen LogP contribution in [0, 0.1) is 0 Å². The Morgan fingerprint density at radius 1 is 1.28 bits per heavy atom. The molecule has 1 aliphatic carbocycles. The van der Waals surface area contributed by atoms with Crippen LogP contribution < -0.4 is 5.32 Å². The molecule has 2 N–H and O–H groups in total. The number of anilines is 1. The molecule has 0 spiro atoms. The largest absolute Gasteiger partial charge is 0.508 e. The number of nitrogens with one attached hydrogen (secondary N) is 1. The van der Waals surface area contributed by atoms with Gasteiger partial charge in [-0.15, -0.1) is 11.3 Å². The molecule has 5 heteroatoms. The number of nitrogens with zero attached hydrogens (tertiary/aromatic N) is 1. The van der Waals surface area contributed by atoms with Crippen molar-refractivity contribution in [3.63, 3.8) is 0 Å². The van der Waals surface area contributed by atoms with Crippen molar-refractivity contribution in [1.29, 1.82) is 0 Å². The van der Waals surface area contributed by atoms with E-state index in [2.05, 4.69) is 10.3 Å². The lowest BCUT2D eigenvalue weighted by Crippen LogP contribution is -2.11. The molecule has 0 atom stereocenters. The van der Waals surface area contributed by atoms with Gasteiger partial charge in [-0.3, -0.25) is 10.1 Å². The van der Waals surface area contributed by atoms with E-state index in [1.807, 2.05) is 0 Å². The van der Waals surface area contributed by atoms with Gasteiger partial charge in [-0.2, -0.15) is 0 Å². The van der Waals surface area contributed by atoms with Gasteiger partial charge in [-0.05, 0) is 43.5 Å². The molecule has 1 aromatic carbocycles. The van der Waals surface area contributed by atoms with Crippen LogP contribution in [0.25, 0.3) is 0 Å². The van der Waals surface area contributed by atoms with Crippen LogP contribution >= 0.6 is 11.3 Å². The lowest BCUT2D eigenvalue weighted by Gasteiger charge is -2.01. The normalized spacial score (nSPS) is 13.3. The number of benzene rings is 1. The predicted octanol–water partition coefficient (Wildman–Crippen LogP) is 2.59. The maximum Gasteiger partial charge on any atom is 0.257 e. The summed E-state index contributed by atoms with van der Waals surface area (Å²) in [5.41, 5.74) is 1.64. The highest BCUT2D eigenvalue weighted by Gasteiger charge is 2.18. The third-order valence-electron chi connectivity index (χ3n) is 2.95. The highest BCUT2D eigenvalue weighted by Crippen LogP contribution is 2.30. The number of carbonyl (C=O) groups excluding carboxylic acids is 1. The van der Waals surface area contributed by atoms with Gasteiger partial charge in [0.1, 0.15) is 5.75 Å². The molecular formula is C13H12N2O2S. The van der Waals surface area contributed by atoms with Crippen LogP contribution in [0.15, 0.2) is 24.3 Å². The molecule has 3 rings (SSSR count). The number of amides is 1. The van der Waals surface area contributed by atoms with Gasteiger partial charge in [-0.25, -0.2) is 4.98 Å². The molecule has 0 bridgehead atoms. The van der Waals surface area contributed by atoms with Crippen molar-refractivity contribution >= 4 is 22.4 Å². The minimum absolute atomic E-state index is 0.153. The number of phenols is 1. The van der Waals surface area contributed by atoms with Crippen LogP contribution in [0.2, 0.25) is 0 Å². The molecule has 0 saturated heterocycles. The summed E-state index contributed by atoms with van der Waals surface area (Å²) in [7, 11) is 0. The van der Waals surface area contributed by atoms with Gasteiger partial charge in [0.15, 0.2) is 5.13 Å². The first-order chi connectivity index (χ1) is 8.72. The molecule has 0 unspecified atom stereocenters. The fraction of sp³-hybridized carbons (Fsp3) is 0.231. The topological polar surface area (TPSA) is 62.2 Å². The summed E-state index contributed by atoms with van der Waals surface area (Å²) in [4.78, 5) is 17.6. The Labute approximate surface area is 108 Å². The van der Waals surface area contributed by atoms with E-state index in [1.165, 1.54) is 23.4 Å². The number of aromatic hydroxyl groups is 1. The van der Waals surface area contributed by atoms with Crippen molar-refractivity contribution in [2.24, 2.45) is 0 Å². The van der Waals surface area contributed by atoms with Crippen molar-refractivity contribution in [2.45, 2.75) is 19.3 Å². The second-order valence-electron chi connectivity index (χ2n) is 4.24. The average molecular weight is 260 g/mol. The number of aromatic nitrogens is 1. The minimum atomic E-state index is -0.192. The first kappa shape index (κ1) is 11.2. The van der Waals surface area contributed by atoms with E-state index >= 15 is 0 Å². The molecule has 0 radical (unpaired) electrons. The third kappa shape index (κ3) is 2.09. The number of hydrogen-bond acceptors (Lipinski definition) is 4. The van der Waals surface area contributed by atoms with Gasteiger partial charge in [0.25, 0.3) is 5.91 Å². The number of fused-ring (bicyclic) bond motifs is 1. The van der Waals surface area contributed by atoms with Crippen molar-refractivity contribution < 1.29 is 9.90 Å². The highest BCUT2D eigenvalue weighted by molar-refractivity contribution is 7.15. The molecule has 0 saturated carbocycles. The number of hydrogen-bond donors (Lipinski definition) is 2. The lowest BCUT2D eigenvalue weighted by molar-refractivity contribution is 0.102. The Hall–Kier alpha value is -1.88. The molecule has 1 amide bonds. The summed E-state index contributed by atoms with van der Waals surface area (Å²) in [6.07, 6.45) is 3.25. The number of aryl methyl sites for hydroxylation is 2. The van der Waals surface area contributed by atoms with Crippen molar-refractivity contribution in [2.75, 3.05) is 5.32 Å². The Morgan fingerprint density at radius 2 is 2.06 bits per heavy atom. The minimum Gasteiger partial charge on any atom is -0.508 e. The lowest BCUT2D eigenvalue weighted by atomic mass is 10.2. The van der Waals surface area contributed by atoms with Crippen LogP contribution in [0.3, 0.4) is 0 Å². The number of rotatable bonds is 2. The summed E-state index contributed by atoms with van der Waals surface area (Å²) in [6.45, 7) is 0. The summed E-state index contributed by atoms with van der Waals surface area (Å²) >= 11 is 1.56. The summed E-state index contributed by atoms with van der Waals surface area (Å²) in [5.74, 6) is -0.0396. The molecule has 92 valence electrons. The van der Waals surface area contributed by atoms with Crippen LogP contribution in [-0.2, 0) is 12.8 Å². The van der Waals surface area contributed by atoms with Crippen LogP contribution in [-0.4, -0.2) is 16.0 Å². The zero-order valence-electron chi connectivity index (χ0n) is 9.64. The van der Waals surface area contributed by atoms with Gasteiger partial charge in [0.05, 0.1) is 5.69 Å². The van der Waals surface area contributed by atoms with Gasteiger partial charge < -0.3 is 5.11 Å². The van der Waals surface area contributed by atoms with Gasteiger partial charge in [0, 0.05) is 10.4 Å². The van der Waals surface area contributed by atoms with E-state index in [0.717, 1.165) is 18.5 Å². The van der Waals surface area contributed by atoms with Crippen molar-refractivity contribution in [3.8, 4) is 5.75 Å². The van der Waals surface area contributed by atoms with E-state index in [4.69, 9.17) is 5.11 Å². The SMILES string of the molecule is O=C(Nc1nc2c(s1)CCC2)c1ccc(O)cc1. The maximum atomic E-state index is 11.9. The molecule has 1 aromatic heterocycles. The van der Waals surface area contributed by atoms with Crippen molar-refractivity contribution in [1.82, 2.24) is 4.98 Å². The van der Waals surface area contributed by atoms with Crippen molar-refractivity contribution in [3.05, 3.63) is 40.4 Å². The molecule has 2 aromatic rings. The smallest absolute Gasteiger partial charge is 0.257 e. The van der Waals surface area contributed by atoms with E-state index < -0.39 is 0 Å². The second-order valence-corrected chi connectivity index (χ2v) is 5.33. The molecule has 0 fully saturated rings. The van der Waals surface area contributed by atoms with Crippen LogP contribution in [0.4, 0.5) is 5.13 Å². The molecule has 1 heterocycles. The Kier molecular flexibility index (Phi) is 2.76. The molecule has 4 nitrogen and oxygen atoms in total. The Bertz CT molecular complexity index is 568. The monoisotopic (exact) mass is 260 g/mol. The van der Waals surface area contributed by atoms with E-state index in [0.29, 0.717) is 10.7 Å². The zero-order chi connectivity index (χ0) is 12.5. The molecule has 18 heavy (non-hydrogen) atoms. The van der Waals surface area contributed by atoms with E-state index in [1.54, 1.807) is 23.5 Å². The predicted molar refractivity (Wildman–Crippen MR) is 70.2 cm³/mol. The van der Waals surface area contributed by atoms with Gasteiger partial charge in [0.2, 0.25) is 0 Å². The quantitative estimate of drug-likeness (QED) is 0.872. The van der Waals surface area contributed by atoms with E-state index in [-0.39, 0.29) is 11.7 Å². The molecule has 0 aliphatic heterocycles. The number of phenolic OH excluding ortho intramolecular Hbond substituents is 1. The number of carbonyl (C=O) groups is 1. The fourth-order valence-corrected chi connectivity index (χ4v) is 3.07. The van der Waals surface area contributed by atoms with Gasteiger partial charge >= 0.3 is 0 Å². The molecular weight excluding hydrogens is 248 g/mol. The Morgan fingerprint density at radius 3 is 2.78 bits per heavy atom. The second kappa shape index (κ2) is 4.42. The molecule has 1 aliphatic rings. The first-order valence-electron chi connectivity index (χ1n) is 5.81. The summed E-state index contributed by atoms with van der Waals surface area (Å²) in [5, 5.41) is 12.6. The van der Waals surface area contributed by atoms with Crippen LogP contribution in [0.5, 0.6) is 5.75 Å². The van der Waals surface area contributed by atoms with E-state index in [9.17, 15) is 4.79 Å². The third-order valence-corrected chi connectivity index (χ3v) is 4.02. The average Bonchev–Trinajstić information content (AvgIpc) is 2.90. The number of thiazole rings is 1. The first-order valence-corrected chi connectivity index (χ1v) is 6.63. The fourth-order valence-electron chi connectivity index (χ4n) is 2.03. The standard InChI is InChI=1S/C13H12N2O2S/c16-9-6-4-8(5-7-9)12(17)15-13-14-10-2-1-3-11(10)18-13/h4-7,16H,1-3H2,(H,14,15,17). The Balaban J connectivity index is 1.75. The van der Waals surface area contributed by atoms with Crippen LogP contribution in [0.1, 0.15) is 27.3 Å². The maximum absolute atomic E-state index is 11.9. The zero-order valence-corrected chi connectivity index (χ0v) is 10.5. The van der Waals surface area contributed by atoms with Gasteiger partial charge in [-0.1, -0.05) is 0 Å². The summed E-state index contributed by atoms with van der Waals surface area (Å²) in [6, 6.07) is 6.17.